The zero-order chi connectivity index (χ0) is 16.9. The zero-order valence-electron chi connectivity index (χ0n) is 11.2. The maximum absolute atomic E-state index is 12.7. The predicted octanol–water partition coefficient (Wildman–Crippen LogP) is 2.34. The first-order valence-electron chi connectivity index (χ1n) is 6.20. The van der Waals surface area contributed by atoms with Gasteiger partial charge >= 0.3 is 0 Å². The van der Waals surface area contributed by atoms with Gasteiger partial charge in [-0.05, 0) is 22.0 Å². The highest BCUT2D eigenvalue weighted by atomic mass is 79.9. The van der Waals surface area contributed by atoms with Crippen LogP contribution in [0.2, 0.25) is 0 Å². The van der Waals surface area contributed by atoms with E-state index in [1.165, 1.54) is 12.1 Å². The second-order valence-electron chi connectivity index (χ2n) is 4.77. The van der Waals surface area contributed by atoms with Crippen molar-refractivity contribution in [2.24, 2.45) is 0 Å². The number of hydrogen-bond acceptors (Lipinski definition) is 5. The van der Waals surface area contributed by atoms with Crippen molar-refractivity contribution in [1.82, 2.24) is 0 Å². The third-order valence-electron chi connectivity index (χ3n) is 3.50. The van der Waals surface area contributed by atoms with E-state index in [1.807, 2.05) is 0 Å². The van der Waals surface area contributed by atoms with E-state index < -0.39 is 32.1 Å². The molecule has 114 valence electrons. The minimum atomic E-state index is -4.74. The van der Waals surface area contributed by atoms with E-state index in [1.54, 1.807) is 18.2 Å². The Bertz CT molecular complexity index is 1050. The molecule has 0 heterocycles. The molecule has 2 aromatic carbocycles. The number of hydrogen-bond donors (Lipinski definition) is 1. The Morgan fingerprint density at radius 2 is 1.57 bits per heavy atom. The Balaban J connectivity index is 2.49. The van der Waals surface area contributed by atoms with E-state index in [9.17, 15) is 27.8 Å². The molecule has 0 unspecified atom stereocenters. The summed E-state index contributed by atoms with van der Waals surface area (Å²) in [5.41, 5.74) is -0.690. The summed E-state index contributed by atoms with van der Waals surface area (Å²) in [5, 5.41) is 9.28. The van der Waals surface area contributed by atoms with Gasteiger partial charge in [0.25, 0.3) is 10.1 Å². The summed E-state index contributed by atoms with van der Waals surface area (Å²) in [4.78, 5) is 24.5. The molecule has 1 aliphatic rings. The van der Waals surface area contributed by atoms with Crippen molar-refractivity contribution in [1.29, 1.82) is 5.26 Å². The first-order chi connectivity index (χ1) is 10.8. The average molecular weight is 392 g/mol. The van der Waals surface area contributed by atoms with Crippen molar-refractivity contribution in [3.63, 3.8) is 0 Å². The molecule has 0 spiro atoms. The molecule has 0 aromatic heterocycles. The van der Waals surface area contributed by atoms with Crippen LogP contribution in [-0.4, -0.2) is 24.5 Å². The highest BCUT2D eigenvalue weighted by molar-refractivity contribution is 9.10. The van der Waals surface area contributed by atoms with Crippen LogP contribution < -0.4 is 0 Å². The van der Waals surface area contributed by atoms with Crippen LogP contribution in [0.3, 0.4) is 0 Å². The van der Waals surface area contributed by atoms with E-state index in [0.29, 0.717) is 0 Å². The van der Waals surface area contributed by atoms with E-state index in [-0.39, 0.29) is 26.7 Å². The quantitative estimate of drug-likeness (QED) is 0.637. The summed E-state index contributed by atoms with van der Waals surface area (Å²) in [6, 6.07) is 8.62. The summed E-state index contributed by atoms with van der Waals surface area (Å²) in [5.74, 6) is -1.14. The monoisotopic (exact) mass is 391 g/mol. The molecule has 23 heavy (non-hydrogen) atoms. The summed E-state index contributed by atoms with van der Waals surface area (Å²) in [7, 11) is -4.74. The van der Waals surface area contributed by atoms with E-state index >= 15 is 0 Å². The molecule has 6 nitrogen and oxygen atoms in total. The first kappa shape index (κ1) is 15.6. The number of nitrogens with zero attached hydrogens (tertiary/aromatic N) is 1. The van der Waals surface area contributed by atoms with Crippen molar-refractivity contribution in [3.8, 4) is 6.07 Å². The molecule has 0 saturated carbocycles. The predicted molar refractivity (Wildman–Crippen MR) is 82.0 cm³/mol. The number of ketones is 2. The Morgan fingerprint density at radius 3 is 2.04 bits per heavy atom. The topological polar surface area (TPSA) is 112 Å². The van der Waals surface area contributed by atoms with Crippen LogP contribution in [-0.2, 0) is 10.1 Å². The molecule has 0 atom stereocenters. The van der Waals surface area contributed by atoms with Crippen molar-refractivity contribution >= 4 is 37.6 Å². The number of benzene rings is 2. The molecular formula is C15H6BrNO5S. The number of rotatable bonds is 1. The van der Waals surface area contributed by atoms with Crippen LogP contribution in [0.1, 0.15) is 37.4 Å². The molecular weight excluding hydrogens is 386 g/mol. The number of halogens is 1. The maximum Gasteiger partial charge on any atom is 0.295 e. The lowest BCUT2D eigenvalue weighted by Crippen LogP contribution is -2.24. The van der Waals surface area contributed by atoms with Crippen LogP contribution in [0, 0.1) is 11.3 Å². The highest BCUT2D eigenvalue weighted by Crippen LogP contribution is 2.37. The number of carbonyl (C=O) groups is 2. The van der Waals surface area contributed by atoms with Gasteiger partial charge in [-0.15, -0.1) is 0 Å². The van der Waals surface area contributed by atoms with Crippen molar-refractivity contribution in [3.05, 3.63) is 62.6 Å². The van der Waals surface area contributed by atoms with Gasteiger partial charge in [0.15, 0.2) is 11.6 Å². The van der Waals surface area contributed by atoms with Gasteiger partial charge in [-0.1, -0.05) is 24.3 Å². The molecule has 0 aliphatic heterocycles. The molecule has 2 aromatic rings. The molecule has 0 bridgehead atoms. The second-order valence-corrected chi connectivity index (χ2v) is 7.02. The lowest BCUT2D eigenvalue weighted by Gasteiger charge is -2.20. The SMILES string of the molecule is N#Cc1c(S(=O)(=O)O)cc(Br)c2c1C(=O)c1ccccc1C2=O. The number of carbonyl (C=O) groups excluding carboxylic acids is 2. The molecule has 0 amide bonds. The number of nitriles is 1. The van der Waals surface area contributed by atoms with Gasteiger partial charge in [0.05, 0.1) is 11.1 Å². The fraction of sp³-hybridized carbons (Fsp3) is 0. The van der Waals surface area contributed by atoms with Crippen LogP contribution in [0.25, 0.3) is 0 Å². The van der Waals surface area contributed by atoms with E-state index in [4.69, 9.17) is 0 Å². The smallest absolute Gasteiger partial charge is 0.289 e. The normalized spacial score (nSPS) is 13.3. The third-order valence-corrected chi connectivity index (χ3v) is 5.01. The van der Waals surface area contributed by atoms with Crippen LogP contribution >= 0.6 is 15.9 Å². The van der Waals surface area contributed by atoms with Gasteiger partial charge in [-0.25, -0.2) is 0 Å². The molecule has 0 saturated heterocycles. The third kappa shape index (κ3) is 2.21. The molecule has 0 fully saturated rings. The van der Waals surface area contributed by atoms with Gasteiger partial charge in [0.1, 0.15) is 11.0 Å². The van der Waals surface area contributed by atoms with Crippen molar-refractivity contribution in [2.75, 3.05) is 0 Å². The summed E-state index contributed by atoms with van der Waals surface area (Å²) in [6.45, 7) is 0. The van der Waals surface area contributed by atoms with Gasteiger partial charge < -0.3 is 0 Å². The van der Waals surface area contributed by atoms with Crippen LogP contribution in [0.4, 0.5) is 0 Å². The Labute approximate surface area is 139 Å². The largest absolute Gasteiger partial charge is 0.295 e. The summed E-state index contributed by atoms with van der Waals surface area (Å²) >= 11 is 3.05. The highest BCUT2D eigenvalue weighted by Gasteiger charge is 2.36. The van der Waals surface area contributed by atoms with Gasteiger partial charge in [0, 0.05) is 21.2 Å². The molecule has 0 radical (unpaired) electrons. The minimum absolute atomic E-state index is 0.0204. The Hall–Kier alpha value is -2.34. The fourth-order valence-electron chi connectivity index (χ4n) is 2.54. The molecule has 1 N–H and O–H groups in total. The second kappa shape index (κ2) is 5.09. The molecule has 3 rings (SSSR count). The minimum Gasteiger partial charge on any atom is -0.289 e. The maximum atomic E-state index is 12.7. The van der Waals surface area contributed by atoms with E-state index in [0.717, 1.165) is 6.07 Å². The standard InChI is InChI=1S/C15H6BrNO5S/c16-10-5-11(23(20,21)22)9(6-17)12-13(10)15(19)8-4-2-1-3-7(8)14(12)18/h1-5H,(H,20,21,22). The van der Waals surface area contributed by atoms with Crippen LogP contribution in [0.15, 0.2) is 39.7 Å². The fourth-order valence-corrected chi connectivity index (χ4v) is 3.97. The Morgan fingerprint density at radius 1 is 1.04 bits per heavy atom. The van der Waals surface area contributed by atoms with E-state index in [2.05, 4.69) is 15.9 Å². The zero-order valence-corrected chi connectivity index (χ0v) is 13.6. The molecule has 1 aliphatic carbocycles. The van der Waals surface area contributed by atoms with Crippen molar-refractivity contribution in [2.45, 2.75) is 4.90 Å². The van der Waals surface area contributed by atoms with Gasteiger partial charge in [-0.3, -0.25) is 14.1 Å². The average Bonchev–Trinajstić information content (AvgIpc) is 2.50. The lowest BCUT2D eigenvalue weighted by atomic mass is 9.82. The Kier molecular flexibility index (Phi) is 3.44. The van der Waals surface area contributed by atoms with Gasteiger partial charge in [0.2, 0.25) is 0 Å². The summed E-state index contributed by atoms with van der Waals surface area (Å²) < 4.78 is 32.2. The van der Waals surface area contributed by atoms with Crippen molar-refractivity contribution < 1.29 is 22.6 Å². The van der Waals surface area contributed by atoms with Crippen LogP contribution in [0.5, 0.6) is 0 Å². The van der Waals surface area contributed by atoms with Gasteiger partial charge in [-0.2, -0.15) is 13.7 Å². The first-order valence-corrected chi connectivity index (χ1v) is 8.43. The summed E-state index contributed by atoms with van der Waals surface area (Å²) in [6.07, 6.45) is 0. The number of fused-ring (bicyclic) bond motifs is 2. The lowest BCUT2D eigenvalue weighted by molar-refractivity contribution is 0.0978. The molecule has 8 heteroatoms.